The zero-order valence-corrected chi connectivity index (χ0v) is 16.6. The standard InChI is InChI=1S/C23H21NO4S/c25-23(26)11-5-8-16-6-2-4-10-22(16)24-29(27,28)19-12-13-21-18(15-19)14-17-7-1-3-9-20(17)21/h1-4,6-7,9-10,12-13,15,24H,5,8,11,14H2,(H,25,26). The molecule has 0 radical (unpaired) electrons. The van der Waals surface area contributed by atoms with Crippen LogP contribution in [0.5, 0.6) is 0 Å². The average molecular weight is 407 g/mol. The third-order valence-corrected chi connectivity index (χ3v) is 6.54. The Balaban J connectivity index is 1.58. The third-order valence-electron chi connectivity index (χ3n) is 5.17. The molecule has 29 heavy (non-hydrogen) atoms. The van der Waals surface area contributed by atoms with E-state index in [2.05, 4.69) is 16.9 Å². The normalized spacial score (nSPS) is 12.3. The first-order valence-corrected chi connectivity index (χ1v) is 11.0. The van der Waals surface area contributed by atoms with Gasteiger partial charge in [0.15, 0.2) is 0 Å². The average Bonchev–Trinajstić information content (AvgIpc) is 3.07. The molecule has 3 aromatic carbocycles. The number of anilines is 1. The van der Waals surface area contributed by atoms with Crippen LogP contribution >= 0.6 is 0 Å². The highest BCUT2D eigenvalue weighted by atomic mass is 32.2. The Kier molecular flexibility index (Phi) is 5.11. The maximum atomic E-state index is 13.0. The van der Waals surface area contributed by atoms with Crippen LogP contribution in [0.3, 0.4) is 0 Å². The molecule has 0 bridgehead atoms. The fourth-order valence-electron chi connectivity index (χ4n) is 3.76. The molecule has 148 valence electrons. The lowest BCUT2D eigenvalue weighted by atomic mass is 10.1. The summed E-state index contributed by atoms with van der Waals surface area (Å²) in [5.74, 6) is -0.859. The summed E-state index contributed by atoms with van der Waals surface area (Å²) in [6.07, 6.45) is 1.71. The first-order valence-electron chi connectivity index (χ1n) is 9.48. The van der Waals surface area contributed by atoms with Gasteiger partial charge in [-0.15, -0.1) is 0 Å². The van der Waals surface area contributed by atoms with E-state index in [9.17, 15) is 13.2 Å². The van der Waals surface area contributed by atoms with Gasteiger partial charge in [-0.1, -0.05) is 48.5 Å². The Hall–Kier alpha value is -3.12. The van der Waals surface area contributed by atoms with E-state index in [4.69, 9.17) is 5.11 Å². The molecule has 0 aliphatic heterocycles. The van der Waals surface area contributed by atoms with Crippen molar-refractivity contribution < 1.29 is 18.3 Å². The molecule has 0 spiro atoms. The van der Waals surface area contributed by atoms with Gasteiger partial charge in [0.25, 0.3) is 10.0 Å². The molecule has 0 heterocycles. The molecule has 1 aliphatic rings. The summed E-state index contributed by atoms with van der Waals surface area (Å²) < 4.78 is 28.7. The monoisotopic (exact) mass is 407 g/mol. The predicted molar refractivity (Wildman–Crippen MR) is 113 cm³/mol. The van der Waals surface area contributed by atoms with Gasteiger partial charge >= 0.3 is 5.97 Å². The van der Waals surface area contributed by atoms with Crippen molar-refractivity contribution in [1.29, 1.82) is 0 Å². The van der Waals surface area contributed by atoms with Crippen molar-refractivity contribution in [3.8, 4) is 11.1 Å². The van der Waals surface area contributed by atoms with Crippen LogP contribution in [0.15, 0.2) is 71.6 Å². The van der Waals surface area contributed by atoms with Crippen LogP contribution in [0, 0.1) is 0 Å². The van der Waals surface area contributed by atoms with Gasteiger partial charge in [-0.05, 0) is 65.3 Å². The van der Waals surface area contributed by atoms with Crippen LogP contribution in [-0.4, -0.2) is 19.5 Å². The number of aliphatic carboxylic acids is 1. The van der Waals surface area contributed by atoms with Crippen molar-refractivity contribution in [3.63, 3.8) is 0 Å². The Labute approximate surface area is 170 Å². The second-order valence-corrected chi connectivity index (χ2v) is 8.85. The zero-order chi connectivity index (χ0) is 20.4. The number of aryl methyl sites for hydroxylation is 1. The first-order chi connectivity index (χ1) is 13.9. The van der Waals surface area contributed by atoms with Gasteiger partial charge in [0.05, 0.1) is 10.6 Å². The zero-order valence-electron chi connectivity index (χ0n) is 15.8. The number of carbonyl (C=O) groups is 1. The lowest BCUT2D eigenvalue weighted by molar-refractivity contribution is -0.137. The molecule has 3 aromatic rings. The first kappa shape index (κ1) is 19.2. The van der Waals surface area contributed by atoms with E-state index in [0.717, 1.165) is 28.7 Å². The van der Waals surface area contributed by atoms with Gasteiger partial charge in [-0.2, -0.15) is 0 Å². The molecule has 0 saturated carbocycles. The molecule has 2 N–H and O–H groups in total. The van der Waals surface area contributed by atoms with Crippen LogP contribution in [0.2, 0.25) is 0 Å². The number of hydrogen-bond donors (Lipinski definition) is 2. The number of carboxylic acids is 1. The minimum absolute atomic E-state index is 0.0481. The van der Waals surface area contributed by atoms with Gasteiger partial charge < -0.3 is 5.11 Å². The molecule has 4 rings (SSSR count). The van der Waals surface area contributed by atoms with Crippen LogP contribution in [0.25, 0.3) is 11.1 Å². The van der Waals surface area contributed by atoms with E-state index in [0.29, 0.717) is 18.5 Å². The second-order valence-electron chi connectivity index (χ2n) is 7.16. The largest absolute Gasteiger partial charge is 0.481 e. The highest BCUT2D eigenvalue weighted by molar-refractivity contribution is 7.92. The summed E-state index contributed by atoms with van der Waals surface area (Å²) in [4.78, 5) is 11.0. The second kappa shape index (κ2) is 7.72. The fraction of sp³-hybridized carbons (Fsp3) is 0.174. The fourth-order valence-corrected chi connectivity index (χ4v) is 4.91. The summed E-state index contributed by atoms with van der Waals surface area (Å²) >= 11 is 0. The van der Waals surface area contributed by atoms with Crippen LogP contribution < -0.4 is 4.72 Å². The number of sulfonamides is 1. The number of para-hydroxylation sites is 1. The van der Waals surface area contributed by atoms with Crippen molar-refractivity contribution in [1.82, 2.24) is 0 Å². The van der Waals surface area contributed by atoms with E-state index < -0.39 is 16.0 Å². The molecule has 6 heteroatoms. The summed E-state index contributed by atoms with van der Waals surface area (Å²) in [5.41, 5.74) is 5.71. The summed E-state index contributed by atoms with van der Waals surface area (Å²) in [6.45, 7) is 0. The summed E-state index contributed by atoms with van der Waals surface area (Å²) in [5, 5.41) is 8.83. The van der Waals surface area contributed by atoms with Crippen molar-refractivity contribution >= 4 is 21.7 Å². The maximum absolute atomic E-state index is 13.0. The Morgan fingerprint density at radius 3 is 2.48 bits per heavy atom. The molecule has 0 saturated heterocycles. The number of benzene rings is 3. The molecular weight excluding hydrogens is 386 g/mol. The quantitative estimate of drug-likeness (QED) is 0.474. The molecule has 0 unspecified atom stereocenters. The van der Waals surface area contributed by atoms with E-state index in [-0.39, 0.29) is 11.3 Å². The summed E-state index contributed by atoms with van der Waals surface area (Å²) in [6, 6.07) is 20.5. The van der Waals surface area contributed by atoms with Gasteiger partial charge in [0, 0.05) is 6.42 Å². The van der Waals surface area contributed by atoms with Crippen LogP contribution in [-0.2, 0) is 27.7 Å². The summed E-state index contributed by atoms with van der Waals surface area (Å²) in [7, 11) is -3.75. The highest BCUT2D eigenvalue weighted by Gasteiger charge is 2.22. The van der Waals surface area contributed by atoms with Gasteiger partial charge in [0.2, 0.25) is 0 Å². The van der Waals surface area contributed by atoms with E-state index in [1.807, 2.05) is 30.3 Å². The number of fused-ring (bicyclic) bond motifs is 3. The minimum Gasteiger partial charge on any atom is -0.481 e. The van der Waals surface area contributed by atoms with Gasteiger partial charge in [-0.25, -0.2) is 8.42 Å². The Morgan fingerprint density at radius 1 is 0.931 bits per heavy atom. The van der Waals surface area contributed by atoms with E-state index >= 15 is 0 Å². The predicted octanol–water partition coefficient (Wildman–Crippen LogP) is 4.47. The maximum Gasteiger partial charge on any atom is 0.303 e. The number of carboxylic acid groups (broad SMARTS) is 1. The van der Waals surface area contributed by atoms with Crippen LogP contribution in [0.1, 0.15) is 29.5 Å². The minimum atomic E-state index is -3.75. The molecular formula is C23H21NO4S. The molecule has 0 aromatic heterocycles. The SMILES string of the molecule is O=C(O)CCCc1ccccc1NS(=O)(=O)c1ccc2c(c1)Cc1ccccc1-2. The number of rotatable bonds is 7. The highest BCUT2D eigenvalue weighted by Crippen LogP contribution is 2.37. The van der Waals surface area contributed by atoms with Crippen LogP contribution in [0.4, 0.5) is 5.69 Å². The van der Waals surface area contributed by atoms with E-state index in [1.54, 1.807) is 24.3 Å². The smallest absolute Gasteiger partial charge is 0.303 e. The van der Waals surface area contributed by atoms with Gasteiger partial charge in [-0.3, -0.25) is 9.52 Å². The lowest BCUT2D eigenvalue weighted by Crippen LogP contribution is -2.14. The van der Waals surface area contributed by atoms with Crippen molar-refractivity contribution in [2.24, 2.45) is 0 Å². The topological polar surface area (TPSA) is 83.5 Å². The van der Waals surface area contributed by atoms with E-state index in [1.165, 1.54) is 5.56 Å². The lowest BCUT2D eigenvalue weighted by Gasteiger charge is -2.13. The van der Waals surface area contributed by atoms with Gasteiger partial charge in [0.1, 0.15) is 0 Å². The number of hydrogen-bond acceptors (Lipinski definition) is 3. The molecule has 0 fully saturated rings. The molecule has 1 aliphatic carbocycles. The number of nitrogens with one attached hydrogen (secondary N) is 1. The molecule has 0 atom stereocenters. The Morgan fingerprint density at radius 2 is 1.66 bits per heavy atom. The molecule has 5 nitrogen and oxygen atoms in total. The molecule has 0 amide bonds. The third kappa shape index (κ3) is 4.03. The van der Waals surface area contributed by atoms with Crippen molar-refractivity contribution in [2.75, 3.05) is 4.72 Å². The van der Waals surface area contributed by atoms with Crippen molar-refractivity contribution in [2.45, 2.75) is 30.6 Å². The Bertz CT molecular complexity index is 1180. The van der Waals surface area contributed by atoms with Crippen molar-refractivity contribution in [3.05, 3.63) is 83.4 Å².